The Balaban J connectivity index is 1.86. The second kappa shape index (κ2) is 5.25. The lowest BCUT2D eigenvalue weighted by Crippen LogP contribution is -2.07. The van der Waals surface area contributed by atoms with Crippen molar-refractivity contribution >= 4 is 27.2 Å². The van der Waals surface area contributed by atoms with Gasteiger partial charge in [-0.3, -0.25) is 0 Å². The number of hydrogen-bond donors (Lipinski definition) is 1. The summed E-state index contributed by atoms with van der Waals surface area (Å²) in [5.74, 6) is 0. The fourth-order valence-electron chi connectivity index (χ4n) is 2.35. The number of aryl methyl sites for hydroxylation is 2. The zero-order chi connectivity index (χ0) is 14.1. The summed E-state index contributed by atoms with van der Waals surface area (Å²) in [5.41, 5.74) is 4.84. The van der Waals surface area contributed by atoms with Gasteiger partial charge in [0, 0.05) is 5.69 Å². The van der Waals surface area contributed by atoms with Crippen LogP contribution in [0.2, 0.25) is 0 Å². The van der Waals surface area contributed by atoms with Gasteiger partial charge in [-0.2, -0.15) is 0 Å². The first-order valence-electron chi connectivity index (χ1n) is 6.83. The molecule has 0 aliphatic rings. The van der Waals surface area contributed by atoms with Gasteiger partial charge in [-0.05, 0) is 44.5 Å². The maximum atomic E-state index is 4.71. The van der Waals surface area contributed by atoms with E-state index in [1.165, 1.54) is 21.5 Å². The lowest BCUT2D eigenvalue weighted by molar-refractivity contribution is 0.872. The SMILES string of the molecule is Cc1ccc(NC(C)c2nc3ccccc3s2)c(C)c1. The van der Waals surface area contributed by atoms with Gasteiger partial charge in [-0.15, -0.1) is 11.3 Å². The lowest BCUT2D eigenvalue weighted by Gasteiger charge is -2.15. The lowest BCUT2D eigenvalue weighted by atomic mass is 10.1. The normalized spacial score (nSPS) is 12.6. The van der Waals surface area contributed by atoms with Gasteiger partial charge in [0.25, 0.3) is 0 Å². The van der Waals surface area contributed by atoms with E-state index in [-0.39, 0.29) is 6.04 Å². The molecule has 0 saturated heterocycles. The third-order valence-electron chi connectivity index (χ3n) is 3.43. The van der Waals surface area contributed by atoms with Gasteiger partial charge in [-0.25, -0.2) is 4.98 Å². The first-order valence-corrected chi connectivity index (χ1v) is 7.64. The number of nitrogens with zero attached hydrogens (tertiary/aromatic N) is 1. The van der Waals surface area contributed by atoms with E-state index < -0.39 is 0 Å². The summed E-state index contributed by atoms with van der Waals surface area (Å²) in [6.07, 6.45) is 0. The molecule has 0 amide bonds. The molecule has 3 aromatic rings. The van der Waals surface area contributed by atoms with Crippen molar-refractivity contribution in [2.75, 3.05) is 5.32 Å². The molecule has 102 valence electrons. The molecule has 0 fully saturated rings. The van der Waals surface area contributed by atoms with E-state index in [0.29, 0.717) is 0 Å². The van der Waals surface area contributed by atoms with Gasteiger partial charge in [-0.1, -0.05) is 29.8 Å². The molecule has 0 saturated carbocycles. The van der Waals surface area contributed by atoms with Crippen LogP contribution < -0.4 is 5.32 Å². The average molecular weight is 282 g/mol. The Kier molecular flexibility index (Phi) is 3.45. The van der Waals surface area contributed by atoms with Crippen molar-refractivity contribution in [2.24, 2.45) is 0 Å². The Labute approximate surface area is 123 Å². The summed E-state index contributed by atoms with van der Waals surface area (Å²) in [6, 6.07) is 15.0. The van der Waals surface area contributed by atoms with Crippen molar-refractivity contribution in [3.63, 3.8) is 0 Å². The van der Waals surface area contributed by atoms with Crippen molar-refractivity contribution in [1.29, 1.82) is 0 Å². The van der Waals surface area contributed by atoms with Crippen LogP contribution in [0.5, 0.6) is 0 Å². The molecule has 1 aromatic heterocycles. The maximum absolute atomic E-state index is 4.71. The van der Waals surface area contributed by atoms with Gasteiger partial charge >= 0.3 is 0 Å². The number of para-hydroxylation sites is 1. The molecule has 0 aliphatic carbocycles. The van der Waals surface area contributed by atoms with Crippen molar-refractivity contribution < 1.29 is 0 Å². The number of rotatable bonds is 3. The van der Waals surface area contributed by atoms with E-state index >= 15 is 0 Å². The van der Waals surface area contributed by atoms with E-state index in [4.69, 9.17) is 4.98 Å². The summed E-state index contributed by atoms with van der Waals surface area (Å²) in [5, 5.41) is 4.69. The van der Waals surface area contributed by atoms with Crippen LogP contribution in [0.1, 0.15) is 29.1 Å². The second-order valence-corrected chi connectivity index (χ2v) is 6.27. The van der Waals surface area contributed by atoms with Crippen LogP contribution in [0.4, 0.5) is 5.69 Å². The van der Waals surface area contributed by atoms with Crippen LogP contribution in [0, 0.1) is 13.8 Å². The zero-order valence-electron chi connectivity index (χ0n) is 12.0. The van der Waals surface area contributed by atoms with Crippen molar-refractivity contribution in [3.05, 3.63) is 58.6 Å². The number of hydrogen-bond acceptors (Lipinski definition) is 3. The largest absolute Gasteiger partial charge is 0.376 e. The fraction of sp³-hybridized carbons (Fsp3) is 0.235. The van der Waals surface area contributed by atoms with Gasteiger partial charge in [0.05, 0.1) is 16.3 Å². The highest BCUT2D eigenvalue weighted by Gasteiger charge is 2.12. The predicted octanol–water partition coefficient (Wildman–Crippen LogP) is 5.09. The topological polar surface area (TPSA) is 24.9 Å². The predicted molar refractivity (Wildman–Crippen MR) is 87.6 cm³/mol. The molecule has 1 N–H and O–H groups in total. The number of fused-ring (bicyclic) bond motifs is 1. The van der Waals surface area contributed by atoms with Crippen LogP contribution >= 0.6 is 11.3 Å². The van der Waals surface area contributed by atoms with Crippen LogP contribution in [0.15, 0.2) is 42.5 Å². The Morgan fingerprint density at radius 3 is 2.65 bits per heavy atom. The maximum Gasteiger partial charge on any atom is 0.116 e. The van der Waals surface area contributed by atoms with Crippen LogP contribution in [0.25, 0.3) is 10.2 Å². The summed E-state index contributed by atoms with van der Waals surface area (Å²) >= 11 is 1.76. The van der Waals surface area contributed by atoms with E-state index in [9.17, 15) is 0 Å². The molecule has 0 aliphatic heterocycles. The molecular formula is C17H18N2S. The van der Waals surface area contributed by atoms with Gasteiger partial charge in [0.15, 0.2) is 0 Å². The van der Waals surface area contributed by atoms with E-state index in [0.717, 1.165) is 10.5 Å². The van der Waals surface area contributed by atoms with Gasteiger partial charge < -0.3 is 5.32 Å². The van der Waals surface area contributed by atoms with Crippen LogP contribution in [-0.4, -0.2) is 4.98 Å². The molecule has 0 spiro atoms. The van der Waals surface area contributed by atoms with Crippen molar-refractivity contribution in [1.82, 2.24) is 4.98 Å². The molecule has 3 heteroatoms. The second-order valence-electron chi connectivity index (χ2n) is 5.20. The fourth-order valence-corrected chi connectivity index (χ4v) is 3.32. The number of thiazole rings is 1. The molecule has 1 atom stereocenters. The number of aromatic nitrogens is 1. The highest BCUT2D eigenvalue weighted by atomic mass is 32.1. The molecule has 0 radical (unpaired) electrons. The minimum atomic E-state index is 0.216. The Morgan fingerprint density at radius 2 is 1.90 bits per heavy atom. The molecule has 20 heavy (non-hydrogen) atoms. The quantitative estimate of drug-likeness (QED) is 0.724. The van der Waals surface area contributed by atoms with Crippen LogP contribution in [-0.2, 0) is 0 Å². The standard InChI is InChI=1S/C17H18N2S/c1-11-8-9-14(12(2)10-11)18-13(3)17-19-15-6-4-5-7-16(15)20-17/h4-10,13,18H,1-3H3. The number of benzene rings is 2. The highest BCUT2D eigenvalue weighted by Crippen LogP contribution is 2.29. The number of nitrogens with one attached hydrogen (secondary N) is 1. The summed E-state index contributed by atoms with van der Waals surface area (Å²) in [6.45, 7) is 6.42. The average Bonchev–Trinajstić information content (AvgIpc) is 2.86. The van der Waals surface area contributed by atoms with E-state index in [1.54, 1.807) is 11.3 Å². The van der Waals surface area contributed by atoms with E-state index in [2.05, 4.69) is 62.5 Å². The molecule has 1 heterocycles. The van der Waals surface area contributed by atoms with Gasteiger partial charge in [0.1, 0.15) is 5.01 Å². The summed E-state index contributed by atoms with van der Waals surface area (Å²) in [4.78, 5) is 4.71. The third-order valence-corrected chi connectivity index (χ3v) is 4.65. The van der Waals surface area contributed by atoms with Crippen molar-refractivity contribution in [3.8, 4) is 0 Å². The Bertz CT molecular complexity index is 713. The monoisotopic (exact) mass is 282 g/mol. The number of anilines is 1. The minimum Gasteiger partial charge on any atom is -0.376 e. The Morgan fingerprint density at radius 1 is 1.10 bits per heavy atom. The molecule has 2 nitrogen and oxygen atoms in total. The van der Waals surface area contributed by atoms with E-state index in [1.807, 2.05) is 6.07 Å². The minimum absolute atomic E-state index is 0.216. The Hall–Kier alpha value is -1.87. The molecule has 1 unspecified atom stereocenters. The molecule has 3 rings (SSSR count). The van der Waals surface area contributed by atoms with Gasteiger partial charge in [0.2, 0.25) is 0 Å². The smallest absolute Gasteiger partial charge is 0.116 e. The first kappa shape index (κ1) is 13.1. The summed E-state index contributed by atoms with van der Waals surface area (Å²) in [7, 11) is 0. The first-order chi connectivity index (χ1) is 9.63. The van der Waals surface area contributed by atoms with Crippen molar-refractivity contribution in [2.45, 2.75) is 26.8 Å². The zero-order valence-corrected chi connectivity index (χ0v) is 12.8. The molecule has 0 bridgehead atoms. The molecule has 2 aromatic carbocycles. The van der Waals surface area contributed by atoms with Crippen LogP contribution in [0.3, 0.4) is 0 Å². The third kappa shape index (κ3) is 2.54. The highest BCUT2D eigenvalue weighted by molar-refractivity contribution is 7.18. The molecular weight excluding hydrogens is 264 g/mol. The summed E-state index contributed by atoms with van der Waals surface area (Å²) < 4.78 is 1.25.